The van der Waals surface area contributed by atoms with Crippen molar-refractivity contribution in [3.8, 4) is 0 Å². The summed E-state index contributed by atoms with van der Waals surface area (Å²) in [6, 6.07) is 8.05. The predicted octanol–water partition coefficient (Wildman–Crippen LogP) is 2.04. The Morgan fingerprint density at radius 1 is 1.32 bits per heavy atom. The Bertz CT molecular complexity index is 815. The maximum absolute atomic E-state index is 12.3. The summed E-state index contributed by atoms with van der Waals surface area (Å²) in [5, 5.41) is 3.90. The van der Waals surface area contributed by atoms with Gasteiger partial charge in [0, 0.05) is 18.0 Å². The maximum Gasteiger partial charge on any atom is 0.340 e. The Morgan fingerprint density at radius 2 is 2.04 bits per heavy atom. The third kappa shape index (κ3) is 3.96. The van der Waals surface area contributed by atoms with Crippen molar-refractivity contribution in [2.75, 3.05) is 20.7 Å². The Kier molecular flexibility index (Phi) is 4.99. The number of benzene rings is 1. The molecule has 6 nitrogen and oxygen atoms in total. The van der Waals surface area contributed by atoms with E-state index in [9.17, 15) is 9.59 Å². The zero-order valence-corrected chi connectivity index (χ0v) is 14.8. The van der Waals surface area contributed by atoms with Gasteiger partial charge in [-0.15, -0.1) is 0 Å². The number of carbonyl (C=O) groups excluding carboxylic acids is 2. The van der Waals surface area contributed by atoms with Crippen LogP contribution in [-0.2, 0) is 16.1 Å². The van der Waals surface area contributed by atoms with Crippen LogP contribution >= 0.6 is 0 Å². The minimum absolute atomic E-state index is 0.00197. The third-order valence-electron chi connectivity index (χ3n) is 4.39. The SMILES string of the molecule is COC(=O)c1c(CN(C)CC(=O)NC2CC2)nc2ccccc2c1C. The molecule has 25 heavy (non-hydrogen) atoms. The summed E-state index contributed by atoms with van der Waals surface area (Å²) in [5.74, 6) is -0.399. The molecule has 0 atom stereocenters. The van der Waals surface area contributed by atoms with Gasteiger partial charge in [-0.1, -0.05) is 18.2 Å². The standard InChI is InChI=1S/C19H23N3O3/c1-12-14-6-4-5-7-15(14)21-16(18(12)19(24)25-3)10-22(2)11-17(23)20-13-8-9-13/h4-7,13H,8-11H2,1-3H3,(H,20,23). The van der Waals surface area contributed by atoms with E-state index in [1.807, 2.05) is 43.1 Å². The molecule has 1 aliphatic carbocycles. The average Bonchev–Trinajstić information content (AvgIpc) is 3.38. The molecule has 1 saturated carbocycles. The Morgan fingerprint density at radius 3 is 2.72 bits per heavy atom. The summed E-state index contributed by atoms with van der Waals surface area (Å²) in [6.45, 7) is 2.57. The third-order valence-corrected chi connectivity index (χ3v) is 4.39. The summed E-state index contributed by atoms with van der Waals surface area (Å²) in [6.07, 6.45) is 2.13. The average molecular weight is 341 g/mol. The number of methoxy groups -OCH3 is 1. The van der Waals surface area contributed by atoms with Crippen LogP contribution in [-0.4, -0.2) is 48.5 Å². The number of rotatable bonds is 6. The second-order valence-electron chi connectivity index (χ2n) is 6.58. The molecule has 1 fully saturated rings. The summed E-state index contributed by atoms with van der Waals surface area (Å²) < 4.78 is 4.95. The lowest BCUT2D eigenvalue weighted by Crippen LogP contribution is -2.36. The first-order valence-corrected chi connectivity index (χ1v) is 8.44. The van der Waals surface area contributed by atoms with Crippen molar-refractivity contribution in [3.05, 3.63) is 41.1 Å². The number of para-hydroxylation sites is 1. The van der Waals surface area contributed by atoms with Gasteiger partial charge in [-0.25, -0.2) is 4.79 Å². The largest absolute Gasteiger partial charge is 0.465 e. The lowest BCUT2D eigenvalue weighted by atomic mass is 10.0. The van der Waals surface area contributed by atoms with Crippen molar-refractivity contribution >= 4 is 22.8 Å². The zero-order chi connectivity index (χ0) is 18.0. The van der Waals surface area contributed by atoms with Crippen LogP contribution in [0.25, 0.3) is 10.9 Å². The maximum atomic E-state index is 12.3. The number of ether oxygens (including phenoxy) is 1. The number of aryl methyl sites for hydroxylation is 1. The monoisotopic (exact) mass is 341 g/mol. The van der Waals surface area contributed by atoms with E-state index in [0.29, 0.717) is 23.8 Å². The fraction of sp³-hybridized carbons (Fsp3) is 0.421. The highest BCUT2D eigenvalue weighted by molar-refractivity contribution is 5.98. The van der Waals surface area contributed by atoms with Gasteiger partial charge >= 0.3 is 5.97 Å². The number of likely N-dealkylation sites (N-methyl/N-ethyl adjacent to an activating group) is 1. The summed E-state index contributed by atoms with van der Waals surface area (Å²) in [4.78, 5) is 30.8. The molecule has 6 heteroatoms. The molecule has 0 radical (unpaired) electrons. The van der Waals surface area contributed by atoms with Crippen molar-refractivity contribution in [2.45, 2.75) is 32.4 Å². The van der Waals surface area contributed by atoms with Gasteiger partial charge in [-0.05, 0) is 38.4 Å². The molecule has 1 heterocycles. The van der Waals surface area contributed by atoms with Crippen LogP contribution in [0.15, 0.2) is 24.3 Å². The molecule has 3 rings (SSSR count). The second kappa shape index (κ2) is 7.19. The number of nitrogens with zero attached hydrogens (tertiary/aromatic N) is 2. The number of amides is 1. The fourth-order valence-electron chi connectivity index (χ4n) is 2.99. The molecule has 1 N–H and O–H groups in total. The molecular weight excluding hydrogens is 318 g/mol. The van der Waals surface area contributed by atoms with Crippen molar-refractivity contribution in [3.63, 3.8) is 0 Å². The van der Waals surface area contributed by atoms with Gasteiger partial charge in [-0.3, -0.25) is 14.7 Å². The number of fused-ring (bicyclic) bond motifs is 1. The summed E-state index contributed by atoms with van der Waals surface area (Å²) in [7, 11) is 3.22. The van der Waals surface area contributed by atoms with Gasteiger partial charge in [0.15, 0.2) is 0 Å². The molecule has 0 spiro atoms. The minimum atomic E-state index is -0.401. The topological polar surface area (TPSA) is 71.5 Å². The molecule has 0 saturated heterocycles. The predicted molar refractivity (Wildman–Crippen MR) is 95.3 cm³/mol. The minimum Gasteiger partial charge on any atom is -0.465 e. The Balaban J connectivity index is 1.87. The highest BCUT2D eigenvalue weighted by Crippen LogP contribution is 2.24. The van der Waals surface area contributed by atoms with Gasteiger partial charge in [0.2, 0.25) is 5.91 Å². The van der Waals surface area contributed by atoms with Crippen LogP contribution in [0.5, 0.6) is 0 Å². The van der Waals surface area contributed by atoms with E-state index in [1.54, 1.807) is 0 Å². The number of carbonyl (C=O) groups is 2. The number of hydrogen-bond donors (Lipinski definition) is 1. The highest BCUT2D eigenvalue weighted by Gasteiger charge is 2.24. The molecule has 0 bridgehead atoms. The van der Waals surface area contributed by atoms with Crippen LogP contribution < -0.4 is 5.32 Å². The lowest BCUT2D eigenvalue weighted by Gasteiger charge is -2.19. The van der Waals surface area contributed by atoms with E-state index in [0.717, 1.165) is 29.3 Å². The van der Waals surface area contributed by atoms with Crippen molar-refractivity contribution in [2.24, 2.45) is 0 Å². The first-order valence-electron chi connectivity index (χ1n) is 8.44. The van der Waals surface area contributed by atoms with E-state index in [2.05, 4.69) is 10.3 Å². The molecule has 1 amide bonds. The van der Waals surface area contributed by atoms with Gasteiger partial charge in [0.1, 0.15) is 0 Å². The first kappa shape index (κ1) is 17.4. The van der Waals surface area contributed by atoms with E-state index < -0.39 is 5.97 Å². The van der Waals surface area contributed by atoms with Crippen LogP contribution in [0, 0.1) is 6.92 Å². The van der Waals surface area contributed by atoms with Gasteiger partial charge < -0.3 is 10.1 Å². The Labute approximate surface area is 147 Å². The van der Waals surface area contributed by atoms with Gasteiger partial charge in [0.25, 0.3) is 0 Å². The van der Waals surface area contributed by atoms with Crippen molar-refractivity contribution < 1.29 is 14.3 Å². The molecule has 2 aromatic rings. The van der Waals surface area contributed by atoms with E-state index in [-0.39, 0.29) is 12.5 Å². The van der Waals surface area contributed by atoms with Crippen LogP contribution in [0.4, 0.5) is 0 Å². The molecule has 0 aliphatic heterocycles. The summed E-state index contributed by atoms with van der Waals surface area (Å²) >= 11 is 0. The molecule has 1 aliphatic rings. The molecule has 1 aromatic heterocycles. The lowest BCUT2D eigenvalue weighted by molar-refractivity contribution is -0.122. The smallest absolute Gasteiger partial charge is 0.340 e. The van der Waals surface area contributed by atoms with Gasteiger partial charge in [-0.2, -0.15) is 0 Å². The number of nitrogens with one attached hydrogen (secondary N) is 1. The first-order chi connectivity index (χ1) is 12.0. The van der Waals surface area contributed by atoms with E-state index >= 15 is 0 Å². The van der Waals surface area contributed by atoms with Crippen LogP contribution in [0.2, 0.25) is 0 Å². The fourth-order valence-corrected chi connectivity index (χ4v) is 2.99. The number of aromatic nitrogens is 1. The van der Waals surface area contributed by atoms with Crippen LogP contribution in [0.1, 0.15) is 34.5 Å². The highest BCUT2D eigenvalue weighted by atomic mass is 16.5. The molecule has 132 valence electrons. The zero-order valence-electron chi connectivity index (χ0n) is 14.8. The number of pyridine rings is 1. The molecule has 0 unspecified atom stereocenters. The van der Waals surface area contributed by atoms with Crippen LogP contribution in [0.3, 0.4) is 0 Å². The number of esters is 1. The van der Waals surface area contributed by atoms with Crippen molar-refractivity contribution in [1.82, 2.24) is 15.2 Å². The summed E-state index contributed by atoms with van der Waals surface area (Å²) in [5.41, 5.74) is 2.79. The Hall–Kier alpha value is -2.47. The number of hydrogen-bond acceptors (Lipinski definition) is 5. The van der Waals surface area contributed by atoms with E-state index in [4.69, 9.17) is 4.74 Å². The van der Waals surface area contributed by atoms with Crippen molar-refractivity contribution in [1.29, 1.82) is 0 Å². The van der Waals surface area contributed by atoms with Gasteiger partial charge in [0.05, 0.1) is 30.4 Å². The second-order valence-corrected chi connectivity index (χ2v) is 6.58. The molecular formula is C19H23N3O3. The quantitative estimate of drug-likeness (QED) is 0.814. The van der Waals surface area contributed by atoms with E-state index in [1.165, 1.54) is 7.11 Å². The molecule has 1 aromatic carbocycles. The normalized spacial score (nSPS) is 13.9.